The smallest absolute Gasteiger partial charge is 0.189 e. The number of piperazine rings is 1. The molecule has 4 rings (SSSR count). The first-order valence-corrected chi connectivity index (χ1v) is 9.46. The van der Waals surface area contributed by atoms with Crippen molar-refractivity contribution in [3.05, 3.63) is 48.0 Å². The molecule has 0 bridgehead atoms. The maximum Gasteiger partial charge on any atom is 0.189 e. The minimum Gasteiger partial charge on any atom is -0.508 e. The molecule has 2 aliphatic heterocycles. The Morgan fingerprint density at radius 3 is 2.68 bits per heavy atom. The Kier molecular flexibility index (Phi) is 5.25. The highest BCUT2D eigenvalue weighted by atomic mass is 32.1. The first-order valence-electron chi connectivity index (χ1n) is 9.05. The van der Waals surface area contributed by atoms with Crippen LogP contribution in [0.25, 0.3) is 0 Å². The van der Waals surface area contributed by atoms with E-state index in [2.05, 4.69) is 25.3 Å². The van der Waals surface area contributed by atoms with E-state index in [1.54, 1.807) is 12.1 Å². The van der Waals surface area contributed by atoms with Gasteiger partial charge < -0.3 is 19.6 Å². The Hall–Kier alpha value is -2.94. The standard InChI is InChI=1S/C19H20FN5O2S/c20-15-5-7-21-17-16(6-12-27-18(15)17)22-23-19(28)25-10-8-24(9-11-25)13-1-3-14(26)4-2-13/h1-5,7,26H,6,8-12H2,(H,23,28)/b22-16-. The van der Waals surface area contributed by atoms with Crippen molar-refractivity contribution in [1.82, 2.24) is 15.3 Å². The van der Waals surface area contributed by atoms with Crippen molar-refractivity contribution in [2.45, 2.75) is 6.42 Å². The van der Waals surface area contributed by atoms with E-state index in [-0.39, 0.29) is 11.5 Å². The van der Waals surface area contributed by atoms with E-state index < -0.39 is 5.82 Å². The number of aromatic hydroxyl groups is 1. The third kappa shape index (κ3) is 3.84. The lowest BCUT2D eigenvalue weighted by Gasteiger charge is -2.37. The molecule has 0 radical (unpaired) electrons. The zero-order valence-electron chi connectivity index (χ0n) is 15.1. The zero-order chi connectivity index (χ0) is 19.5. The third-order valence-corrected chi connectivity index (χ3v) is 5.13. The molecule has 0 aliphatic carbocycles. The molecular weight excluding hydrogens is 381 g/mol. The number of nitrogens with one attached hydrogen (secondary N) is 1. The van der Waals surface area contributed by atoms with Crippen LogP contribution in [-0.4, -0.2) is 58.6 Å². The normalized spacial score (nSPS) is 17.8. The lowest BCUT2D eigenvalue weighted by molar-refractivity contribution is 0.300. The van der Waals surface area contributed by atoms with Gasteiger partial charge in [-0.3, -0.25) is 10.4 Å². The summed E-state index contributed by atoms with van der Waals surface area (Å²) >= 11 is 5.47. The average molecular weight is 401 g/mol. The van der Waals surface area contributed by atoms with Crippen LogP contribution in [0.3, 0.4) is 0 Å². The van der Waals surface area contributed by atoms with E-state index in [0.29, 0.717) is 29.5 Å². The monoisotopic (exact) mass is 401 g/mol. The number of hydrogen-bond acceptors (Lipinski definition) is 6. The molecule has 0 spiro atoms. The molecule has 28 heavy (non-hydrogen) atoms. The van der Waals surface area contributed by atoms with Gasteiger partial charge in [-0.05, 0) is 42.5 Å². The first-order chi connectivity index (χ1) is 13.6. The van der Waals surface area contributed by atoms with Gasteiger partial charge >= 0.3 is 0 Å². The van der Waals surface area contributed by atoms with Crippen LogP contribution in [0.4, 0.5) is 10.1 Å². The number of thiocarbonyl (C=S) groups is 1. The molecule has 0 saturated carbocycles. The minimum absolute atomic E-state index is 0.141. The number of benzene rings is 1. The molecule has 2 N–H and O–H groups in total. The van der Waals surface area contributed by atoms with Crippen LogP contribution in [-0.2, 0) is 0 Å². The van der Waals surface area contributed by atoms with Crippen LogP contribution in [0, 0.1) is 5.82 Å². The van der Waals surface area contributed by atoms with Gasteiger partial charge in [-0.15, -0.1) is 0 Å². The molecule has 7 nitrogen and oxygen atoms in total. The predicted molar refractivity (Wildman–Crippen MR) is 108 cm³/mol. The third-order valence-electron chi connectivity index (χ3n) is 4.78. The zero-order valence-corrected chi connectivity index (χ0v) is 16.0. The molecule has 1 fully saturated rings. The Labute approximate surface area is 167 Å². The van der Waals surface area contributed by atoms with E-state index in [4.69, 9.17) is 17.0 Å². The SMILES string of the molecule is Oc1ccc(N2CCN(C(=S)N/N=C3/CCOc4c(F)ccnc43)CC2)cc1. The van der Waals surface area contributed by atoms with Crippen LogP contribution in [0.5, 0.6) is 11.5 Å². The number of halogens is 1. The highest BCUT2D eigenvalue weighted by Gasteiger charge is 2.23. The van der Waals surface area contributed by atoms with E-state index in [1.165, 1.54) is 12.3 Å². The molecule has 1 aromatic carbocycles. The van der Waals surface area contributed by atoms with Crippen LogP contribution in [0.2, 0.25) is 0 Å². The number of fused-ring (bicyclic) bond motifs is 1. The van der Waals surface area contributed by atoms with Crippen molar-refractivity contribution < 1.29 is 14.2 Å². The maximum absolute atomic E-state index is 13.8. The number of phenols is 1. The number of nitrogens with zero attached hydrogens (tertiary/aromatic N) is 4. The van der Waals surface area contributed by atoms with Gasteiger partial charge in [0.05, 0.1) is 12.3 Å². The number of phenolic OH excluding ortho intramolecular Hbond substituents is 1. The molecular formula is C19H20FN5O2S. The molecule has 3 heterocycles. The largest absolute Gasteiger partial charge is 0.508 e. The molecule has 0 atom stereocenters. The van der Waals surface area contributed by atoms with Crippen LogP contribution < -0.4 is 15.1 Å². The molecule has 2 aromatic rings. The summed E-state index contributed by atoms with van der Waals surface area (Å²) in [6.45, 7) is 3.49. The van der Waals surface area contributed by atoms with Crippen LogP contribution >= 0.6 is 12.2 Å². The van der Waals surface area contributed by atoms with Gasteiger partial charge in [0.2, 0.25) is 0 Å². The Bertz CT molecular complexity index is 898. The molecule has 1 aromatic heterocycles. The van der Waals surface area contributed by atoms with Gasteiger partial charge in [0.25, 0.3) is 0 Å². The molecule has 2 aliphatic rings. The number of anilines is 1. The minimum atomic E-state index is -0.440. The number of pyridine rings is 1. The average Bonchev–Trinajstić information content (AvgIpc) is 2.73. The van der Waals surface area contributed by atoms with Gasteiger partial charge in [-0.2, -0.15) is 5.10 Å². The molecule has 0 amide bonds. The van der Waals surface area contributed by atoms with Crippen molar-refractivity contribution in [2.24, 2.45) is 5.10 Å². The number of aromatic nitrogens is 1. The summed E-state index contributed by atoms with van der Waals surface area (Å²) < 4.78 is 19.2. The lowest BCUT2D eigenvalue weighted by atomic mass is 10.1. The summed E-state index contributed by atoms with van der Waals surface area (Å²) in [5.41, 5.74) is 5.04. The van der Waals surface area contributed by atoms with Gasteiger partial charge in [0.1, 0.15) is 11.4 Å². The van der Waals surface area contributed by atoms with E-state index in [0.717, 1.165) is 31.9 Å². The van der Waals surface area contributed by atoms with Crippen molar-refractivity contribution in [3.8, 4) is 11.5 Å². The fraction of sp³-hybridized carbons (Fsp3) is 0.316. The molecule has 9 heteroatoms. The Balaban J connectivity index is 1.36. The van der Waals surface area contributed by atoms with Crippen molar-refractivity contribution in [1.29, 1.82) is 0 Å². The topological polar surface area (TPSA) is 73.2 Å². The summed E-state index contributed by atoms with van der Waals surface area (Å²) in [6, 6.07) is 8.46. The summed E-state index contributed by atoms with van der Waals surface area (Å²) in [7, 11) is 0. The van der Waals surface area contributed by atoms with Gasteiger partial charge in [-0.25, -0.2) is 4.39 Å². The van der Waals surface area contributed by atoms with Crippen molar-refractivity contribution in [2.75, 3.05) is 37.7 Å². The van der Waals surface area contributed by atoms with E-state index in [9.17, 15) is 9.50 Å². The summed E-state index contributed by atoms with van der Waals surface area (Å²) in [4.78, 5) is 8.48. The molecule has 146 valence electrons. The Morgan fingerprint density at radius 2 is 1.93 bits per heavy atom. The fourth-order valence-electron chi connectivity index (χ4n) is 3.26. The second kappa shape index (κ2) is 7.97. The van der Waals surface area contributed by atoms with E-state index >= 15 is 0 Å². The summed E-state index contributed by atoms with van der Waals surface area (Å²) in [5.74, 6) is -0.0380. The number of rotatable bonds is 2. The second-order valence-corrected chi connectivity index (χ2v) is 6.92. The van der Waals surface area contributed by atoms with Gasteiger partial charge in [-0.1, -0.05) is 0 Å². The first kappa shape index (κ1) is 18.4. The highest BCUT2D eigenvalue weighted by Crippen LogP contribution is 2.26. The number of hydrogen-bond donors (Lipinski definition) is 2. The van der Waals surface area contributed by atoms with Crippen LogP contribution in [0.1, 0.15) is 12.1 Å². The molecule has 0 unspecified atom stereocenters. The van der Waals surface area contributed by atoms with Crippen molar-refractivity contribution >= 4 is 28.7 Å². The Morgan fingerprint density at radius 1 is 1.18 bits per heavy atom. The predicted octanol–water partition coefficient (Wildman–Crippen LogP) is 2.11. The van der Waals surface area contributed by atoms with Gasteiger partial charge in [0.15, 0.2) is 16.7 Å². The lowest BCUT2D eigenvalue weighted by Crippen LogP contribution is -2.51. The van der Waals surface area contributed by atoms with Crippen LogP contribution in [0.15, 0.2) is 41.6 Å². The summed E-state index contributed by atoms with van der Waals surface area (Å²) in [5, 5.41) is 14.3. The fourth-order valence-corrected chi connectivity index (χ4v) is 3.49. The maximum atomic E-state index is 13.8. The number of hydrazone groups is 1. The molecule has 1 saturated heterocycles. The summed E-state index contributed by atoms with van der Waals surface area (Å²) in [6.07, 6.45) is 1.94. The van der Waals surface area contributed by atoms with Crippen molar-refractivity contribution in [3.63, 3.8) is 0 Å². The quantitative estimate of drug-likeness (QED) is 0.590. The highest BCUT2D eigenvalue weighted by molar-refractivity contribution is 7.80. The number of ether oxygens (including phenoxy) is 1. The van der Waals surface area contributed by atoms with Gasteiger partial charge in [0, 0.05) is 44.5 Å². The second-order valence-electron chi connectivity index (χ2n) is 6.53. The van der Waals surface area contributed by atoms with E-state index in [1.807, 2.05) is 12.1 Å².